The van der Waals surface area contributed by atoms with Crippen molar-refractivity contribution in [3.63, 3.8) is 0 Å². The first-order valence-corrected chi connectivity index (χ1v) is 6.00. The molecule has 4 nitrogen and oxygen atoms in total. The van der Waals surface area contributed by atoms with Gasteiger partial charge in [0, 0.05) is 18.7 Å². The Labute approximate surface area is 94.0 Å². The third kappa shape index (κ3) is 2.41. The van der Waals surface area contributed by atoms with Crippen LogP contribution in [-0.2, 0) is 4.74 Å². The first-order chi connectivity index (χ1) is 7.22. The minimum absolute atomic E-state index is 0.298. The molecule has 1 aliphatic rings. The Kier molecular flexibility index (Phi) is 3.11. The summed E-state index contributed by atoms with van der Waals surface area (Å²) < 4.78 is 9.30. The highest BCUT2D eigenvalue weighted by Crippen LogP contribution is 2.47. The van der Waals surface area contributed by atoms with Gasteiger partial charge in [-0.3, -0.25) is 0 Å². The predicted molar refractivity (Wildman–Crippen MR) is 63.5 cm³/mol. The summed E-state index contributed by atoms with van der Waals surface area (Å²) in [6.45, 7) is 2.79. The van der Waals surface area contributed by atoms with Gasteiger partial charge in [0.1, 0.15) is 10.8 Å². The van der Waals surface area contributed by atoms with Gasteiger partial charge >= 0.3 is 0 Å². The lowest BCUT2D eigenvalue weighted by molar-refractivity contribution is 0.190. The van der Waals surface area contributed by atoms with Crippen molar-refractivity contribution in [3.05, 3.63) is 5.56 Å². The number of anilines is 2. The Hall–Kier alpha value is -0.810. The molecule has 0 bridgehead atoms. The molecule has 1 atom stereocenters. The zero-order valence-electron chi connectivity index (χ0n) is 9.12. The molecule has 5 heteroatoms. The van der Waals surface area contributed by atoms with Crippen LogP contribution >= 0.6 is 11.5 Å². The molecule has 1 heterocycles. The predicted octanol–water partition coefficient (Wildman–Crippen LogP) is 2.05. The number of nitrogens with one attached hydrogen (secondary N) is 1. The van der Waals surface area contributed by atoms with Gasteiger partial charge in [-0.05, 0) is 37.2 Å². The third-order valence-corrected chi connectivity index (χ3v) is 3.34. The highest BCUT2D eigenvalue weighted by Gasteiger charge is 2.30. The average molecular weight is 227 g/mol. The molecule has 0 aromatic carbocycles. The van der Waals surface area contributed by atoms with E-state index in [-0.39, 0.29) is 0 Å². The Bertz CT molecular complexity index is 335. The van der Waals surface area contributed by atoms with Gasteiger partial charge < -0.3 is 15.8 Å². The summed E-state index contributed by atoms with van der Waals surface area (Å²) >= 11 is 1.46. The Morgan fingerprint density at radius 1 is 1.67 bits per heavy atom. The lowest BCUT2D eigenvalue weighted by atomic mass is 10.2. The van der Waals surface area contributed by atoms with Crippen LogP contribution in [0, 0.1) is 0 Å². The molecule has 1 aliphatic carbocycles. The zero-order chi connectivity index (χ0) is 10.8. The highest BCUT2D eigenvalue weighted by molar-refractivity contribution is 7.10. The van der Waals surface area contributed by atoms with Crippen molar-refractivity contribution >= 4 is 22.4 Å². The third-order valence-electron chi connectivity index (χ3n) is 2.54. The van der Waals surface area contributed by atoms with Crippen molar-refractivity contribution in [2.24, 2.45) is 0 Å². The van der Waals surface area contributed by atoms with E-state index in [2.05, 4.69) is 16.6 Å². The Morgan fingerprint density at radius 3 is 3.00 bits per heavy atom. The van der Waals surface area contributed by atoms with E-state index in [0.29, 0.717) is 24.4 Å². The van der Waals surface area contributed by atoms with Crippen LogP contribution in [0.25, 0.3) is 0 Å². The lowest BCUT2D eigenvalue weighted by Crippen LogP contribution is -2.20. The summed E-state index contributed by atoms with van der Waals surface area (Å²) in [6, 6.07) is 0.298. The van der Waals surface area contributed by atoms with Crippen LogP contribution in [0.3, 0.4) is 0 Å². The number of nitrogens with two attached hydrogens (primary N) is 1. The van der Waals surface area contributed by atoms with Crippen molar-refractivity contribution in [2.75, 3.05) is 24.8 Å². The molecular weight excluding hydrogens is 210 g/mol. The van der Waals surface area contributed by atoms with Crippen LogP contribution < -0.4 is 11.1 Å². The van der Waals surface area contributed by atoms with E-state index in [0.717, 1.165) is 5.00 Å². The van der Waals surface area contributed by atoms with Gasteiger partial charge in [0.15, 0.2) is 0 Å². The van der Waals surface area contributed by atoms with Gasteiger partial charge in [0.25, 0.3) is 0 Å². The topological polar surface area (TPSA) is 60.2 Å². The van der Waals surface area contributed by atoms with Gasteiger partial charge in [-0.15, -0.1) is 0 Å². The average Bonchev–Trinajstić information content (AvgIpc) is 2.94. The standard InChI is InChI=1S/C10H17N3OS/c1-6(5-14-2)12-10-8(7-3-4-7)9(11)13-15-10/h6-7,12H,3-5H2,1-2H3,(H2,11,13). The molecule has 1 fully saturated rings. The molecule has 84 valence electrons. The summed E-state index contributed by atoms with van der Waals surface area (Å²) in [5, 5.41) is 4.53. The molecule has 0 aliphatic heterocycles. The van der Waals surface area contributed by atoms with Gasteiger partial charge in [0.05, 0.1) is 6.61 Å². The largest absolute Gasteiger partial charge is 0.383 e. The molecular formula is C10H17N3OS. The summed E-state index contributed by atoms with van der Waals surface area (Å²) in [5.74, 6) is 1.34. The smallest absolute Gasteiger partial charge is 0.142 e. The number of hydrogen-bond donors (Lipinski definition) is 2. The number of nitrogen functional groups attached to an aromatic ring is 1. The van der Waals surface area contributed by atoms with Crippen molar-refractivity contribution in [3.8, 4) is 0 Å². The van der Waals surface area contributed by atoms with Crippen LogP contribution in [0.4, 0.5) is 10.8 Å². The molecule has 0 radical (unpaired) electrons. The molecule has 1 saturated carbocycles. The lowest BCUT2D eigenvalue weighted by Gasteiger charge is -2.13. The quantitative estimate of drug-likeness (QED) is 0.808. The van der Waals surface area contributed by atoms with Crippen LogP contribution in [0.15, 0.2) is 0 Å². The molecule has 15 heavy (non-hydrogen) atoms. The molecule has 2 rings (SSSR count). The maximum atomic E-state index is 5.86. The first kappa shape index (κ1) is 10.7. The van der Waals surface area contributed by atoms with E-state index in [1.54, 1.807) is 7.11 Å². The summed E-state index contributed by atoms with van der Waals surface area (Å²) in [7, 11) is 1.71. The second kappa shape index (κ2) is 4.37. The fourth-order valence-electron chi connectivity index (χ4n) is 1.70. The van der Waals surface area contributed by atoms with E-state index in [1.165, 1.54) is 29.9 Å². The van der Waals surface area contributed by atoms with Gasteiger partial charge in [0.2, 0.25) is 0 Å². The van der Waals surface area contributed by atoms with E-state index < -0.39 is 0 Å². The second-order valence-corrected chi connectivity index (χ2v) is 4.86. The molecule has 3 N–H and O–H groups in total. The van der Waals surface area contributed by atoms with Crippen LogP contribution in [0.5, 0.6) is 0 Å². The van der Waals surface area contributed by atoms with Crippen LogP contribution in [0.2, 0.25) is 0 Å². The molecule has 0 amide bonds. The van der Waals surface area contributed by atoms with Gasteiger partial charge in [-0.1, -0.05) is 0 Å². The molecule has 1 aromatic heterocycles. The first-order valence-electron chi connectivity index (χ1n) is 5.23. The Morgan fingerprint density at radius 2 is 2.40 bits per heavy atom. The van der Waals surface area contributed by atoms with Crippen molar-refractivity contribution in [1.82, 2.24) is 4.37 Å². The summed E-state index contributed by atoms with van der Waals surface area (Å²) in [4.78, 5) is 0. The van der Waals surface area contributed by atoms with Crippen molar-refractivity contribution in [1.29, 1.82) is 0 Å². The van der Waals surface area contributed by atoms with Gasteiger partial charge in [-0.2, -0.15) is 4.37 Å². The van der Waals surface area contributed by atoms with Crippen LogP contribution in [0.1, 0.15) is 31.2 Å². The minimum Gasteiger partial charge on any atom is -0.383 e. The minimum atomic E-state index is 0.298. The summed E-state index contributed by atoms with van der Waals surface area (Å²) in [5.41, 5.74) is 7.08. The maximum Gasteiger partial charge on any atom is 0.142 e. The fraction of sp³-hybridized carbons (Fsp3) is 0.700. The van der Waals surface area contributed by atoms with E-state index in [4.69, 9.17) is 10.5 Å². The second-order valence-electron chi connectivity index (χ2n) is 4.09. The fourth-order valence-corrected chi connectivity index (χ4v) is 2.61. The molecule has 0 spiro atoms. The van der Waals surface area contributed by atoms with Crippen LogP contribution in [-0.4, -0.2) is 24.1 Å². The SMILES string of the molecule is COCC(C)Nc1snc(N)c1C1CC1. The number of rotatable bonds is 5. The number of hydrogen-bond acceptors (Lipinski definition) is 5. The number of aromatic nitrogens is 1. The van der Waals surface area contributed by atoms with Crippen molar-refractivity contribution < 1.29 is 4.74 Å². The van der Waals surface area contributed by atoms with E-state index in [1.807, 2.05) is 0 Å². The highest BCUT2D eigenvalue weighted by atomic mass is 32.1. The molecule has 1 unspecified atom stereocenters. The molecule has 1 aromatic rings. The maximum absolute atomic E-state index is 5.86. The normalized spacial score (nSPS) is 17.7. The zero-order valence-corrected chi connectivity index (χ0v) is 9.93. The Balaban J connectivity index is 2.07. The van der Waals surface area contributed by atoms with Gasteiger partial charge in [-0.25, -0.2) is 0 Å². The van der Waals surface area contributed by atoms with E-state index in [9.17, 15) is 0 Å². The number of ether oxygens (including phenoxy) is 1. The number of nitrogens with zero attached hydrogens (tertiary/aromatic N) is 1. The molecule has 0 saturated heterocycles. The monoisotopic (exact) mass is 227 g/mol. The van der Waals surface area contributed by atoms with E-state index >= 15 is 0 Å². The van der Waals surface area contributed by atoms with Crippen molar-refractivity contribution in [2.45, 2.75) is 31.7 Å². The number of methoxy groups -OCH3 is 1. The summed E-state index contributed by atoms with van der Waals surface area (Å²) in [6.07, 6.45) is 2.49.